The lowest BCUT2D eigenvalue weighted by Crippen LogP contribution is -2.42. The van der Waals surface area contributed by atoms with Gasteiger partial charge in [-0.05, 0) is 59.1 Å². The number of aromatic carboxylic acids is 1. The molecule has 1 fully saturated rings. The molecule has 0 aliphatic carbocycles. The van der Waals surface area contributed by atoms with Crippen molar-refractivity contribution in [1.82, 2.24) is 9.88 Å². The molecule has 180 valence electrons. The van der Waals surface area contributed by atoms with Crippen LogP contribution in [0, 0.1) is 5.92 Å². The Bertz CT molecular complexity index is 1120. The number of amides is 1. The number of hydrogen-bond acceptors (Lipinski definition) is 6. The van der Waals surface area contributed by atoms with Crippen LogP contribution in [0.2, 0.25) is 0 Å². The van der Waals surface area contributed by atoms with E-state index in [-0.39, 0.29) is 17.5 Å². The molecule has 2 aromatic rings. The minimum atomic E-state index is -1.25. The highest BCUT2D eigenvalue weighted by Crippen LogP contribution is 2.38. The van der Waals surface area contributed by atoms with Crippen LogP contribution >= 0.6 is 0 Å². The summed E-state index contributed by atoms with van der Waals surface area (Å²) in [6.45, 7) is 11.3. The number of carboxylic acid groups (broad SMARTS) is 1. The van der Waals surface area contributed by atoms with Crippen LogP contribution in [0.5, 0.6) is 5.75 Å². The third kappa shape index (κ3) is 5.07. The van der Waals surface area contributed by atoms with Crippen LogP contribution in [0.3, 0.4) is 0 Å². The molecule has 33 heavy (non-hydrogen) atoms. The number of ether oxygens (including phenoxy) is 2. The topological polar surface area (TPSA) is 110 Å². The Kier molecular flexibility index (Phi) is 6.90. The summed E-state index contributed by atoms with van der Waals surface area (Å²) in [6.07, 6.45) is 1.81. The predicted molar refractivity (Wildman–Crippen MR) is 127 cm³/mol. The van der Waals surface area contributed by atoms with E-state index in [9.17, 15) is 19.5 Å². The zero-order valence-corrected chi connectivity index (χ0v) is 20.1. The Morgan fingerprint density at radius 2 is 2.00 bits per heavy atom. The number of pyridine rings is 1. The van der Waals surface area contributed by atoms with Crippen molar-refractivity contribution in [3.05, 3.63) is 34.1 Å². The number of fused-ring (bicyclic) bond motifs is 1. The average Bonchev–Trinajstić information content (AvgIpc) is 3.21. The van der Waals surface area contributed by atoms with Crippen LogP contribution in [0.1, 0.15) is 51.4 Å². The molecule has 1 saturated heterocycles. The summed E-state index contributed by atoms with van der Waals surface area (Å²) in [5, 5.41) is 12.7. The maximum Gasteiger partial charge on any atom is 0.407 e. The van der Waals surface area contributed by atoms with Crippen LogP contribution in [-0.4, -0.2) is 53.6 Å². The van der Waals surface area contributed by atoms with Crippen molar-refractivity contribution in [1.29, 1.82) is 0 Å². The second kappa shape index (κ2) is 9.33. The number of nitrogens with zero attached hydrogens (tertiary/aromatic N) is 2. The SMILES string of the molecule is CCn1cc(C(=O)O)c(=O)c2ccc(N3CC[C@@H]([C@H](C)NC(=O)OC(C)(C)C)C3)c(OC)c21. The van der Waals surface area contributed by atoms with Crippen LogP contribution in [0.25, 0.3) is 10.9 Å². The van der Waals surface area contributed by atoms with E-state index in [4.69, 9.17) is 9.47 Å². The lowest BCUT2D eigenvalue weighted by molar-refractivity contribution is 0.0494. The van der Waals surface area contributed by atoms with Gasteiger partial charge in [-0.25, -0.2) is 9.59 Å². The molecule has 0 unspecified atom stereocenters. The number of carboxylic acids is 1. The molecule has 1 aromatic heterocycles. The van der Waals surface area contributed by atoms with Crippen molar-refractivity contribution in [3.63, 3.8) is 0 Å². The number of benzene rings is 1. The first-order valence-electron chi connectivity index (χ1n) is 11.2. The molecule has 0 saturated carbocycles. The summed E-state index contributed by atoms with van der Waals surface area (Å²) in [5.74, 6) is -0.501. The monoisotopic (exact) mass is 459 g/mol. The van der Waals surface area contributed by atoms with E-state index in [0.29, 0.717) is 29.7 Å². The first-order chi connectivity index (χ1) is 15.5. The highest BCUT2D eigenvalue weighted by atomic mass is 16.6. The number of nitrogens with one attached hydrogen (secondary N) is 1. The van der Waals surface area contributed by atoms with E-state index < -0.39 is 23.1 Å². The minimum absolute atomic E-state index is 0.0803. The molecule has 2 heterocycles. The van der Waals surface area contributed by atoms with Crippen molar-refractivity contribution < 1.29 is 24.2 Å². The minimum Gasteiger partial charge on any atom is -0.492 e. The Balaban J connectivity index is 1.90. The van der Waals surface area contributed by atoms with E-state index in [0.717, 1.165) is 18.7 Å². The largest absolute Gasteiger partial charge is 0.492 e. The van der Waals surface area contributed by atoms with E-state index in [1.165, 1.54) is 6.20 Å². The van der Waals surface area contributed by atoms with Crippen LogP contribution in [-0.2, 0) is 11.3 Å². The second-order valence-corrected chi connectivity index (χ2v) is 9.41. The molecular weight excluding hydrogens is 426 g/mol. The number of aromatic nitrogens is 1. The molecule has 0 bridgehead atoms. The highest BCUT2D eigenvalue weighted by molar-refractivity contribution is 5.96. The van der Waals surface area contributed by atoms with Crippen LogP contribution in [0.4, 0.5) is 10.5 Å². The van der Waals surface area contributed by atoms with Crippen molar-refractivity contribution in [2.75, 3.05) is 25.1 Å². The van der Waals surface area contributed by atoms with Gasteiger partial charge in [0.05, 0.1) is 23.7 Å². The number of aryl methyl sites for hydroxylation is 1. The van der Waals surface area contributed by atoms with Gasteiger partial charge in [-0.15, -0.1) is 0 Å². The molecule has 0 radical (unpaired) electrons. The summed E-state index contributed by atoms with van der Waals surface area (Å²) in [6, 6.07) is 3.40. The smallest absolute Gasteiger partial charge is 0.407 e. The van der Waals surface area contributed by atoms with Crippen LogP contribution in [0.15, 0.2) is 23.1 Å². The van der Waals surface area contributed by atoms with Gasteiger partial charge in [-0.2, -0.15) is 0 Å². The van der Waals surface area contributed by atoms with E-state index >= 15 is 0 Å². The number of carbonyl (C=O) groups is 2. The number of rotatable bonds is 6. The fourth-order valence-electron chi connectivity index (χ4n) is 4.33. The number of hydrogen-bond donors (Lipinski definition) is 2. The summed E-state index contributed by atoms with van der Waals surface area (Å²) >= 11 is 0. The van der Waals surface area contributed by atoms with Crippen molar-refractivity contribution in [2.24, 2.45) is 5.92 Å². The maximum absolute atomic E-state index is 12.8. The van der Waals surface area contributed by atoms with Gasteiger partial charge in [-0.3, -0.25) is 4.79 Å². The summed E-state index contributed by atoms with van der Waals surface area (Å²) in [5.41, 5.74) is 0.0704. The van der Waals surface area contributed by atoms with E-state index in [1.807, 2.05) is 40.7 Å². The number of alkyl carbamates (subject to hydrolysis) is 1. The molecule has 2 N–H and O–H groups in total. The molecule has 9 nitrogen and oxygen atoms in total. The molecule has 1 amide bonds. The van der Waals surface area contributed by atoms with Gasteiger partial charge in [0.1, 0.15) is 11.2 Å². The molecule has 2 atom stereocenters. The van der Waals surface area contributed by atoms with E-state index in [1.54, 1.807) is 17.7 Å². The van der Waals surface area contributed by atoms with Gasteiger partial charge in [-0.1, -0.05) is 0 Å². The first kappa shape index (κ1) is 24.4. The fraction of sp³-hybridized carbons (Fsp3) is 0.542. The lowest BCUT2D eigenvalue weighted by atomic mass is 10.0. The van der Waals surface area contributed by atoms with Crippen molar-refractivity contribution >= 4 is 28.7 Å². The highest BCUT2D eigenvalue weighted by Gasteiger charge is 2.31. The summed E-state index contributed by atoms with van der Waals surface area (Å²) < 4.78 is 12.9. The maximum atomic E-state index is 12.8. The third-order valence-corrected chi connectivity index (χ3v) is 5.96. The standard InChI is InChI=1S/C24H33N3O6/c1-7-26-13-17(22(29)30)20(28)16-8-9-18(21(32-6)19(16)26)27-11-10-15(12-27)14(2)25-23(31)33-24(3,4)5/h8-9,13-15H,7,10-12H2,1-6H3,(H,25,31)(H,29,30)/t14-,15+/m0/s1. The normalized spacial score (nSPS) is 17.2. The number of anilines is 1. The molecule has 0 spiro atoms. The first-order valence-corrected chi connectivity index (χ1v) is 11.2. The van der Waals surface area contributed by atoms with Crippen LogP contribution < -0.4 is 20.4 Å². The molecule has 1 aromatic carbocycles. The molecule has 9 heteroatoms. The van der Waals surface area contributed by atoms with Gasteiger partial charge >= 0.3 is 12.1 Å². The van der Waals surface area contributed by atoms with Gasteiger partial charge in [0.2, 0.25) is 5.43 Å². The second-order valence-electron chi connectivity index (χ2n) is 9.41. The quantitative estimate of drug-likeness (QED) is 0.681. The van der Waals surface area contributed by atoms with Crippen molar-refractivity contribution in [3.8, 4) is 5.75 Å². The molecule has 3 rings (SSSR count). The third-order valence-electron chi connectivity index (χ3n) is 5.96. The average molecular weight is 460 g/mol. The number of carbonyl (C=O) groups excluding carboxylic acids is 1. The molecular formula is C24H33N3O6. The predicted octanol–water partition coefficient (Wildman–Crippen LogP) is 3.47. The Morgan fingerprint density at radius 1 is 1.30 bits per heavy atom. The Labute approximate surface area is 193 Å². The zero-order chi connectivity index (χ0) is 24.5. The Morgan fingerprint density at radius 3 is 2.58 bits per heavy atom. The summed E-state index contributed by atoms with van der Waals surface area (Å²) in [7, 11) is 1.55. The zero-order valence-electron chi connectivity index (χ0n) is 20.1. The van der Waals surface area contributed by atoms with E-state index in [2.05, 4.69) is 10.2 Å². The van der Waals surface area contributed by atoms with Gasteiger partial charge in [0.15, 0.2) is 5.75 Å². The van der Waals surface area contributed by atoms with Crippen molar-refractivity contribution in [2.45, 2.75) is 59.2 Å². The van der Waals surface area contributed by atoms with Gasteiger partial charge in [0, 0.05) is 31.9 Å². The summed E-state index contributed by atoms with van der Waals surface area (Å²) in [4.78, 5) is 38.6. The van der Waals surface area contributed by atoms with Gasteiger partial charge < -0.3 is 29.4 Å². The lowest BCUT2D eigenvalue weighted by Gasteiger charge is -2.26. The van der Waals surface area contributed by atoms with Gasteiger partial charge in [0.25, 0.3) is 0 Å². The fourth-order valence-corrected chi connectivity index (χ4v) is 4.33. The number of methoxy groups -OCH3 is 1. The molecule has 1 aliphatic rings. The molecule has 1 aliphatic heterocycles. The Hall–Kier alpha value is -3.23.